The van der Waals surface area contributed by atoms with Gasteiger partial charge in [0, 0.05) is 25.2 Å². The molecule has 0 spiro atoms. The van der Waals surface area contributed by atoms with Crippen LogP contribution < -0.4 is 10.2 Å². The minimum absolute atomic E-state index is 0.127. The summed E-state index contributed by atoms with van der Waals surface area (Å²) in [5.41, 5.74) is 1.65. The molecule has 0 aromatic heterocycles. The first kappa shape index (κ1) is 16.2. The number of nitrogens with one attached hydrogen (secondary N) is 1. The zero-order chi connectivity index (χ0) is 16.9. The molecule has 0 aliphatic carbocycles. The third-order valence-electron chi connectivity index (χ3n) is 4.17. The minimum Gasteiger partial charge on any atom is -0.355 e. The zero-order valence-corrected chi connectivity index (χ0v) is 13.2. The van der Waals surface area contributed by atoms with Crippen molar-refractivity contribution >= 4 is 17.5 Å². The Morgan fingerprint density at radius 2 is 1.96 bits per heavy atom. The van der Waals surface area contributed by atoms with Crippen LogP contribution in [0.5, 0.6) is 0 Å². The number of rotatable bonds is 5. The molecule has 1 fully saturated rings. The van der Waals surface area contributed by atoms with E-state index in [0.29, 0.717) is 18.8 Å². The Bertz CT molecular complexity index is 733. The molecule has 0 bridgehead atoms. The third-order valence-corrected chi connectivity index (χ3v) is 4.17. The Morgan fingerprint density at radius 3 is 2.71 bits per heavy atom. The first-order valence-electron chi connectivity index (χ1n) is 8.01. The largest absolute Gasteiger partial charge is 0.355 e. The molecule has 1 atom stereocenters. The van der Waals surface area contributed by atoms with Gasteiger partial charge in [-0.05, 0) is 30.2 Å². The molecule has 0 radical (unpaired) electrons. The summed E-state index contributed by atoms with van der Waals surface area (Å²) in [4.78, 5) is 25.9. The van der Waals surface area contributed by atoms with Crippen molar-refractivity contribution in [2.45, 2.75) is 12.8 Å². The summed E-state index contributed by atoms with van der Waals surface area (Å²) >= 11 is 0. The molecule has 1 unspecified atom stereocenters. The summed E-state index contributed by atoms with van der Waals surface area (Å²) in [6, 6.07) is 15.8. The highest BCUT2D eigenvalue weighted by Gasteiger charge is 2.35. The molecular formula is C19H19FN2O2. The van der Waals surface area contributed by atoms with E-state index in [-0.39, 0.29) is 18.2 Å². The van der Waals surface area contributed by atoms with E-state index in [9.17, 15) is 14.0 Å². The lowest BCUT2D eigenvalue weighted by Crippen LogP contribution is -2.34. The molecule has 1 heterocycles. The highest BCUT2D eigenvalue weighted by molar-refractivity contribution is 6.00. The summed E-state index contributed by atoms with van der Waals surface area (Å²) in [7, 11) is 0. The normalized spacial score (nSPS) is 17.1. The molecule has 2 amide bonds. The number of amides is 2. The van der Waals surface area contributed by atoms with Crippen molar-refractivity contribution in [2.24, 2.45) is 5.92 Å². The van der Waals surface area contributed by atoms with Gasteiger partial charge in [-0.2, -0.15) is 0 Å². The van der Waals surface area contributed by atoms with Crippen LogP contribution in [0.2, 0.25) is 0 Å². The number of hydrogen-bond acceptors (Lipinski definition) is 2. The lowest BCUT2D eigenvalue weighted by molar-refractivity contribution is -0.126. The van der Waals surface area contributed by atoms with Crippen molar-refractivity contribution in [3.63, 3.8) is 0 Å². The quantitative estimate of drug-likeness (QED) is 0.918. The maximum atomic E-state index is 13.3. The maximum absolute atomic E-state index is 13.3. The molecular weight excluding hydrogens is 307 g/mol. The van der Waals surface area contributed by atoms with Crippen LogP contribution in [0.25, 0.3) is 0 Å². The van der Waals surface area contributed by atoms with Gasteiger partial charge in [-0.1, -0.05) is 36.4 Å². The molecule has 0 saturated carbocycles. The van der Waals surface area contributed by atoms with E-state index < -0.39 is 11.7 Å². The van der Waals surface area contributed by atoms with Crippen LogP contribution in [0.1, 0.15) is 12.0 Å². The number of carbonyl (C=O) groups excluding carboxylic acids is 2. The SMILES string of the molecule is O=C(NCCc1ccccc1)C1CC(=O)N(c2cccc(F)c2)C1. The van der Waals surface area contributed by atoms with Crippen molar-refractivity contribution in [1.29, 1.82) is 0 Å². The smallest absolute Gasteiger partial charge is 0.227 e. The fourth-order valence-corrected chi connectivity index (χ4v) is 2.90. The predicted molar refractivity (Wildman–Crippen MR) is 90.0 cm³/mol. The lowest BCUT2D eigenvalue weighted by atomic mass is 10.1. The number of halogens is 1. The van der Waals surface area contributed by atoms with Crippen LogP contribution in [-0.2, 0) is 16.0 Å². The summed E-state index contributed by atoms with van der Waals surface area (Å²) in [5, 5.41) is 2.89. The summed E-state index contributed by atoms with van der Waals surface area (Å²) in [5.74, 6) is -1.06. The number of benzene rings is 2. The monoisotopic (exact) mass is 326 g/mol. The lowest BCUT2D eigenvalue weighted by Gasteiger charge is -2.16. The molecule has 3 rings (SSSR count). The Balaban J connectivity index is 1.54. The number of nitrogens with zero attached hydrogens (tertiary/aromatic N) is 1. The van der Waals surface area contributed by atoms with E-state index in [1.807, 2.05) is 30.3 Å². The highest BCUT2D eigenvalue weighted by atomic mass is 19.1. The maximum Gasteiger partial charge on any atom is 0.227 e. The summed E-state index contributed by atoms with van der Waals surface area (Å²) < 4.78 is 13.3. The summed E-state index contributed by atoms with van der Waals surface area (Å²) in [6.45, 7) is 0.826. The van der Waals surface area contributed by atoms with Gasteiger partial charge >= 0.3 is 0 Å². The van der Waals surface area contributed by atoms with Gasteiger partial charge in [0.2, 0.25) is 11.8 Å². The average Bonchev–Trinajstić information content (AvgIpc) is 2.98. The molecule has 24 heavy (non-hydrogen) atoms. The van der Waals surface area contributed by atoms with Crippen LogP contribution >= 0.6 is 0 Å². The Hall–Kier alpha value is -2.69. The van der Waals surface area contributed by atoms with Gasteiger partial charge in [0.05, 0.1) is 5.92 Å². The van der Waals surface area contributed by atoms with Gasteiger partial charge in [0.25, 0.3) is 0 Å². The molecule has 1 N–H and O–H groups in total. The van der Waals surface area contributed by atoms with Gasteiger partial charge in [0.15, 0.2) is 0 Å². The second-order valence-electron chi connectivity index (χ2n) is 5.91. The van der Waals surface area contributed by atoms with E-state index in [0.717, 1.165) is 12.0 Å². The molecule has 1 aliphatic rings. The van der Waals surface area contributed by atoms with Crippen molar-refractivity contribution in [1.82, 2.24) is 5.32 Å². The standard InChI is InChI=1S/C19H19FN2O2/c20-16-7-4-8-17(12-16)22-13-15(11-18(22)23)19(24)21-10-9-14-5-2-1-3-6-14/h1-8,12,15H,9-11,13H2,(H,21,24). The van der Waals surface area contributed by atoms with Crippen LogP contribution in [0.3, 0.4) is 0 Å². The van der Waals surface area contributed by atoms with Crippen molar-refractivity contribution in [3.8, 4) is 0 Å². The predicted octanol–water partition coefficient (Wildman–Crippen LogP) is 2.54. The van der Waals surface area contributed by atoms with E-state index in [1.54, 1.807) is 12.1 Å². The zero-order valence-electron chi connectivity index (χ0n) is 13.2. The van der Waals surface area contributed by atoms with Crippen molar-refractivity contribution in [3.05, 3.63) is 66.0 Å². The van der Waals surface area contributed by atoms with Gasteiger partial charge in [0.1, 0.15) is 5.82 Å². The molecule has 5 heteroatoms. The minimum atomic E-state index is -0.393. The van der Waals surface area contributed by atoms with Crippen LogP contribution in [0.4, 0.5) is 10.1 Å². The van der Waals surface area contributed by atoms with Crippen LogP contribution in [-0.4, -0.2) is 24.9 Å². The highest BCUT2D eigenvalue weighted by Crippen LogP contribution is 2.25. The Morgan fingerprint density at radius 1 is 1.17 bits per heavy atom. The first-order chi connectivity index (χ1) is 11.6. The van der Waals surface area contributed by atoms with Gasteiger partial charge in [-0.15, -0.1) is 0 Å². The third kappa shape index (κ3) is 3.79. The average molecular weight is 326 g/mol. The molecule has 1 aliphatic heterocycles. The number of hydrogen-bond donors (Lipinski definition) is 1. The first-order valence-corrected chi connectivity index (χ1v) is 8.01. The molecule has 1 saturated heterocycles. The molecule has 4 nitrogen and oxygen atoms in total. The fourth-order valence-electron chi connectivity index (χ4n) is 2.90. The van der Waals surface area contributed by atoms with Crippen molar-refractivity contribution in [2.75, 3.05) is 18.0 Å². The van der Waals surface area contributed by atoms with Crippen LogP contribution in [0.15, 0.2) is 54.6 Å². The molecule has 2 aromatic rings. The Labute approximate surface area is 140 Å². The second-order valence-corrected chi connectivity index (χ2v) is 5.91. The second kappa shape index (κ2) is 7.25. The van der Waals surface area contributed by atoms with E-state index in [1.165, 1.54) is 17.0 Å². The Kier molecular flexibility index (Phi) is 4.89. The topological polar surface area (TPSA) is 49.4 Å². The van der Waals surface area contributed by atoms with Crippen LogP contribution in [0, 0.1) is 11.7 Å². The molecule has 124 valence electrons. The van der Waals surface area contributed by atoms with E-state index in [2.05, 4.69) is 5.32 Å². The van der Waals surface area contributed by atoms with Gasteiger partial charge in [-0.3, -0.25) is 9.59 Å². The van der Waals surface area contributed by atoms with Gasteiger partial charge < -0.3 is 10.2 Å². The number of anilines is 1. The van der Waals surface area contributed by atoms with E-state index in [4.69, 9.17) is 0 Å². The summed E-state index contributed by atoms with van der Waals surface area (Å²) in [6.07, 6.45) is 0.911. The van der Waals surface area contributed by atoms with Crippen molar-refractivity contribution < 1.29 is 14.0 Å². The fraction of sp³-hybridized carbons (Fsp3) is 0.263. The van der Waals surface area contributed by atoms with E-state index >= 15 is 0 Å². The number of carbonyl (C=O) groups is 2. The molecule has 2 aromatic carbocycles. The van der Waals surface area contributed by atoms with Gasteiger partial charge in [-0.25, -0.2) is 4.39 Å².